The predicted octanol–water partition coefficient (Wildman–Crippen LogP) is 3.34. The highest BCUT2D eigenvalue weighted by Gasteiger charge is 2.40. The number of aliphatic carboxylic acids is 1. The maximum atomic E-state index is 12.8. The molecule has 1 saturated heterocycles. The highest BCUT2D eigenvalue weighted by atomic mass is 32.1. The molecule has 2 unspecified atom stereocenters. The molecule has 0 aliphatic carbocycles. The fourth-order valence-corrected chi connectivity index (χ4v) is 5.10. The van der Waals surface area contributed by atoms with Crippen molar-refractivity contribution in [3.05, 3.63) is 41.3 Å². The Hall–Kier alpha value is -2.29. The average molecular weight is 388 g/mol. The van der Waals surface area contributed by atoms with Gasteiger partial charge in [-0.25, -0.2) is 9.78 Å². The Bertz CT molecular complexity index is 947. The van der Waals surface area contributed by atoms with Gasteiger partial charge in [-0.3, -0.25) is 4.79 Å². The van der Waals surface area contributed by atoms with Gasteiger partial charge in [0.1, 0.15) is 11.0 Å². The number of benzene rings is 1. The number of rotatable bonds is 4. The molecule has 1 aliphatic rings. The molecule has 0 radical (unpaired) electrons. The number of ether oxygens (including phenoxy) is 1. The molecule has 1 aliphatic heterocycles. The summed E-state index contributed by atoms with van der Waals surface area (Å²) in [5.74, 6) is -1.27. The molecule has 1 aromatic carbocycles. The molecule has 3 heterocycles. The van der Waals surface area contributed by atoms with Crippen LogP contribution in [0.2, 0.25) is 0 Å². The van der Waals surface area contributed by atoms with Crippen LogP contribution in [0.15, 0.2) is 36.4 Å². The molecular formula is C18H16N2O4S2. The SMILES string of the molecule is COC1CC(C(=O)O)N(C(=O)c2ccc(-c3nc4ccccc4s3)s2)C1. The minimum absolute atomic E-state index is 0.247. The lowest BCUT2D eigenvalue weighted by Gasteiger charge is -2.20. The molecule has 0 saturated carbocycles. The Balaban J connectivity index is 1.61. The zero-order chi connectivity index (χ0) is 18.3. The summed E-state index contributed by atoms with van der Waals surface area (Å²) in [6, 6.07) is 10.7. The van der Waals surface area contributed by atoms with E-state index in [0.29, 0.717) is 17.8 Å². The van der Waals surface area contributed by atoms with Crippen LogP contribution in [-0.2, 0) is 9.53 Å². The Morgan fingerprint density at radius 3 is 2.77 bits per heavy atom. The van der Waals surface area contributed by atoms with Crippen LogP contribution >= 0.6 is 22.7 Å². The van der Waals surface area contributed by atoms with Crippen molar-refractivity contribution in [1.82, 2.24) is 9.88 Å². The molecule has 0 spiro atoms. The Morgan fingerprint density at radius 1 is 1.23 bits per heavy atom. The lowest BCUT2D eigenvalue weighted by molar-refractivity contribution is -0.141. The van der Waals surface area contributed by atoms with Gasteiger partial charge in [0, 0.05) is 20.1 Å². The van der Waals surface area contributed by atoms with Gasteiger partial charge in [0.05, 0.1) is 26.1 Å². The van der Waals surface area contributed by atoms with Crippen molar-refractivity contribution in [2.24, 2.45) is 0 Å². The summed E-state index contributed by atoms with van der Waals surface area (Å²) in [7, 11) is 1.54. The van der Waals surface area contributed by atoms with Crippen molar-refractivity contribution >= 4 is 44.8 Å². The summed E-state index contributed by atoms with van der Waals surface area (Å²) < 4.78 is 6.35. The lowest BCUT2D eigenvalue weighted by atomic mass is 10.2. The Labute approximate surface area is 157 Å². The third-order valence-electron chi connectivity index (χ3n) is 4.46. The second kappa shape index (κ2) is 6.79. The van der Waals surface area contributed by atoms with Crippen LogP contribution < -0.4 is 0 Å². The number of thiazole rings is 1. The number of hydrogen-bond acceptors (Lipinski definition) is 6. The van der Waals surface area contributed by atoms with E-state index in [4.69, 9.17) is 4.74 Å². The smallest absolute Gasteiger partial charge is 0.326 e. The molecule has 2 aromatic heterocycles. The second-order valence-electron chi connectivity index (χ2n) is 6.06. The van der Waals surface area contributed by atoms with Gasteiger partial charge in [0.2, 0.25) is 0 Å². The molecule has 4 rings (SSSR count). The Morgan fingerprint density at radius 2 is 2.04 bits per heavy atom. The van der Waals surface area contributed by atoms with Crippen LogP contribution in [0.25, 0.3) is 20.1 Å². The highest BCUT2D eigenvalue weighted by Crippen LogP contribution is 2.35. The van der Waals surface area contributed by atoms with Gasteiger partial charge in [-0.15, -0.1) is 22.7 Å². The number of carbonyl (C=O) groups excluding carboxylic acids is 1. The number of aromatic nitrogens is 1. The number of amides is 1. The number of carboxylic acid groups (broad SMARTS) is 1. The van der Waals surface area contributed by atoms with Crippen LogP contribution in [0.4, 0.5) is 0 Å². The van der Waals surface area contributed by atoms with E-state index in [0.717, 1.165) is 20.1 Å². The number of thiophene rings is 1. The first-order valence-electron chi connectivity index (χ1n) is 8.09. The van der Waals surface area contributed by atoms with E-state index >= 15 is 0 Å². The summed E-state index contributed by atoms with van der Waals surface area (Å²) in [4.78, 5) is 31.7. The number of fused-ring (bicyclic) bond motifs is 1. The van der Waals surface area contributed by atoms with Crippen LogP contribution in [0.5, 0.6) is 0 Å². The van der Waals surface area contributed by atoms with Crippen molar-refractivity contribution in [1.29, 1.82) is 0 Å². The number of methoxy groups -OCH3 is 1. The summed E-state index contributed by atoms with van der Waals surface area (Å²) in [5, 5.41) is 10.3. The number of hydrogen-bond donors (Lipinski definition) is 1. The summed E-state index contributed by atoms with van der Waals surface area (Å²) in [6.07, 6.45) is 0.0666. The molecular weight excluding hydrogens is 372 g/mol. The van der Waals surface area contributed by atoms with Gasteiger partial charge in [0.25, 0.3) is 5.91 Å². The predicted molar refractivity (Wildman–Crippen MR) is 101 cm³/mol. The van der Waals surface area contributed by atoms with Crippen molar-refractivity contribution in [3.8, 4) is 9.88 Å². The van der Waals surface area contributed by atoms with Gasteiger partial charge in [-0.1, -0.05) is 12.1 Å². The third kappa shape index (κ3) is 3.00. The third-order valence-corrected chi connectivity index (χ3v) is 6.74. The number of carbonyl (C=O) groups is 2. The van der Waals surface area contributed by atoms with Gasteiger partial charge in [-0.05, 0) is 24.3 Å². The first kappa shape index (κ1) is 17.1. The normalized spacial score (nSPS) is 20.0. The van der Waals surface area contributed by atoms with Crippen molar-refractivity contribution < 1.29 is 19.4 Å². The van der Waals surface area contributed by atoms with Crippen LogP contribution in [0.3, 0.4) is 0 Å². The highest BCUT2D eigenvalue weighted by molar-refractivity contribution is 7.26. The maximum Gasteiger partial charge on any atom is 0.326 e. The van der Waals surface area contributed by atoms with Gasteiger partial charge < -0.3 is 14.7 Å². The van der Waals surface area contributed by atoms with Crippen LogP contribution in [0, 0.1) is 0 Å². The molecule has 8 heteroatoms. The van der Waals surface area contributed by atoms with Crippen LogP contribution in [0.1, 0.15) is 16.1 Å². The molecule has 26 heavy (non-hydrogen) atoms. The van der Waals surface area contributed by atoms with E-state index < -0.39 is 12.0 Å². The van der Waals surface area contributed by atoms with Gasteiger partial charge in [0.15, 0.2) is 0 Å². The summed E-state index contributed by atoms with van der Waals surface area (Å²) >= 11 is 2.92. The quantitative estimate of drug-likeness (QED) is 0.741. The molecule has 2 atom stereocenters. The number of likely N-dealkylation sites (tertiary alicyclic amines) is 1. The monoisotopic (exact) mass is 388 g/mol. The van der Waals surface area contributed by atoms with Gasteiger partial charge >= 0.3 is 5.97 Å². The first-order chi connectivity index (χ1) is 12.6. The van der Waals surface area contributed by atoms with E-state index in [1.807, 2.05) is 30.3 Å². The second-order valence-corrected chi connectivity index (χ2v) is 8.17. The molecule has 1 amide bonds. The fraction of sp³-hybridized carbons (Fsp3) is 0.278. The minimum Gasteiger partial charge on any atom is -0.480 e. The van der Waals surface area contributed by atoms with Gasteiger partial charge in [-0.2, -0.15) is 0 Å². The molecule has 134 valence electrons. The standard InChI is InChI=1S/C18H16N2O4S2/c1-24-10-8-12(18(22)23)20(9-10)17(21)15-7-6-14(25-15)16-19-11-4-2-3-5-13(11)26-16/h2-7,10,12H,8-9H2,1H3,(H,22,23). The first-order valence-corrected chi connectivity index (χ1v) is 9.72. The molecule has 0 bridgehead atoms. The van der Waals surface area contributed by atoms with E-state index in [1.165, 1.54) is 23.3 Å². The number of carboxylic acids is 1. The molecule has 3 aromatic rings. The van der Waals surface area contributed by atoms with Crippen LogP contribution in [-0.4, -0.2) is 52.7 Å². The summed E-state index contributed by atoms with van der Waals surface area (Å²) in [6.45, 7) is 0.292. The van der Waals surface area contributed by atoms with Crippen molar-refractivity contribution in [3.63, 3.8) is 0 Å². The van der Waals surface area contributed by atoms with Crippen molar-refractivity contribution in [2.45, 2.75) is 18.6 Å². The molecule has 1 fully saturated rings. The molecule has 6 nitrogen and oxygen atoms in total. The fourth-order valence-electron chi connectivity index (χ4n) is 3.11. The maximum absolute atomic E-state index is 12.8. The zero-order valence-electron chi connectivity index (χ0n) is 13.9. The zero-order valence-corrected chi connectivity index (χ0v) is 15.5. The van der Waals surface area contributed by atoms with E-state index in [9.17, 15) is 14.7 Å². The average Bonchev–Trinajstić information content (AvgIpc) is 3.37. The van der Waals surface area contributed by atoms with E-state index in [-0.39, 0.29) is 12.0 Å². The summed E-state index contributed by atoms with van der Waals surface area (Å²) in [5.41, 5.74) is 0.933. The minimum atomic E-state index is -0.999. The van der Waals surface area contributed by atoms with Crippen molar-refractivity contribution in [2.75, 3.05) is 13.7 Å². The topological polar surface area (TPSA) is 79.7 Å². The lowest BCUT2D eigenvalue weighted by Crippen LogP contribution is -2.40. The number of para-hydroxylation sites is 1. The van der Waals surface area contributed by atoms with E-state index in [2.05, 4.69) is 4.98 Å². The number of nitrogens with zero attached hydrogens (tertiary/aromatic N) is 2. The van der Waals surface area contributed by atoms with E-state index in [1.54, 1.807) is 17.4 Å². The largest absolute Gasteiger partial charge is 0.480 e. The molecule has 1 N–H and O–H groups in total. The Kier molecular flexibility index (Phi) is 4.47.